The van der Waals surface area contributed by atoms with Crippen LogP contribution in [-0.2, 0) is 0 Å². The van der Waals surface area contributed by atoms with Gasteiger partial charge in [-0.3, -0.25) is 0 Å². The second kappa shape index (κ2) is 6.70. The van der Waals surface area contributed by atoms with Gasteiger partial charge in [0, 0.05) is 0 Å². The maximum atomic E-state index is 10.9. The first kappa shape index (κ1) is 18.7. The van der Waals surface area contributed by atoms with Gasteiger partial charge < -0.3 is 15.3 Å². The fourth-order valence-electron chi connectivity index (χ4n) is 4.73. The van der Waals surface area contributed by atoms with E-state index in [-0.39, 0.29) is 17.3 Å². The first-order valence-corrected chi connectivity index (χ1v) is 8.98. The Kier molecular flexibility index (Phi) is 5.44. The van der Waals surface area contributed by atoms with E-state index >= 15 is 0 Å². The fourth-order valence-corrected chi connectivity index (χ4v) is 4.73. The second-order valence-corrected chi connectivity index (χ2v) is 8.75. The molecule has 0 spiro atoms. The van der Waals surface area contributed by atoms with Crippen molar-refractivity contribution in [1.29, 1.82) is 0 Å². The minimum Gasteiger partial charge on any atom is -0.392 e. The van der Waals surface area contributed by atoms with Gasteiger partial charge in [0.1, 0.15) is 0 Å². The standard InChI is InChI=1S/C20H34O3/c1-13-6-8-20(5)9-7-16(19(3,4)23)18(20)17(22)12-14(2)11-15(21)10-13/h6,8,11,13,15-18,21-23H,7,9-10,12H2,1-5H3/b8-6+,14-11+/t13-,15+,16+,17-,18?,20-/m0/s1. The SMILES string of the molecule is C/C1=C\[C@H](O)C[C@@H](C)/C=C/[C@@]2(C)CC[C@@H](C(C)(C)O)C2[C@@H](O)C1. The van der Waals surface area contributed by atoms with Crippen LogP contribution in [0.4, 0.5) is 0 Å². The summed E-state index contributed by atoms with van der Waals surface area (Å²) in [6, 6.07) is 0. The largest absolute Gasteiger partial charge is 0.392 e. The molecule has 6 atom stereocenters. The molecule has 2 aliphatic carbocycles. The summed E-state index contributed by atoms with van der Waals surface area (Å²) in [5.74, 6) is 0.411. The van der Waals surface area contributed by atoms with E-state index in [4.69, 9.17) is 0 Å². The zero-order chi connectivity index (χ0) is 17.4. The highest BCUT2D eigenvalue weighted by Crippen LogP contribution is 2.54. The Balaban J connectivity index is 2.41. The lowest BCUT2D eigenvalue weighted by molar-refractivity contribution is -0.0509. The van der Waals surface area contributed by atoms with Gasteiger partial charge in [0.25, 0.3) is 0 Å². The lowest BCUT2D eigenvalue weighted by Gasteiger charge is -2.40. The Bertz CT molecular complexity index is 474. The van der Waals surface area contributed by atoms with E-state index in [9.17, 15) is 15.3 Å². The van der Waals surface area contributed by atoms with Gasteiger partial charge in [-0.25, -0.2) is 0 Å². The normalized spacial score (nSPS) is 46.4. The van der Waals surface area contributed by atoms with Crippen LogP contribution in [0.2, 0.25) is 0 Å². The van der Waals surface area contributed by atoms with Crippen molar-refractivity contribution in [3.8, 4) is 0 Å². The number of rotatable bonds is 1. The van der Waals surface area contributed by atoms with Gasteiger partial charge in [-0.05, 0) is 69.6 Å². The maximum absolute atomic E-state index is 10.9. The predicted molar refractivity (Wildman–Crippen MR) is 93.9 cm³/mol. The molecule has 0 aromatic rings. The van der Waals surface area contributed by atoms with Crippen LogP contribution < -0.4 is 0 Å². The number of allylic oxidation sites excluding steroid dienone is 2. The Labute approximate surface area is 141 Å². The number of aliphatic hydroxyl groups excluding tert-OH is 2. The van der Waals surface area contributed by atoms with Gasteiger partial charge in [0.05, 0.1) is 17.8 Å². The van der Waals surface area contributed by atoms with Gasteiger partial charge in [0.15, 0.2) is 0 Å². The molecule has 0 bridgehead atoms. The number of hydrogen-bond acceptors (Lipinski definition) is 3. The van der Waals surface area contributed by atoms with Crippen LogP contribution >= 0.6 is 0 Å². The van der Waals surface area contributed by atoms with Crippen molar-refractivity contribution < 1.29 is 15.3 Å². The molecule has 1 unspecified atom stereocenters. The Hall–Kier alpha value is -0.640. The van der Waals surface area contributed by atoms with Crippen LogP contribution in [-0.4, -0.2) is 33.1 Å². The summed E-state index contributed by atoms with van der Waals surface area (Å²) in [7, 11) is 0. The molecule has 3 nitrogen and oxygen atoms in total. The van der Waals surface area contributed by atoms with Crippen molar-refractivity contribution in [3.63, 3.8) is 0 Å². The first-order chi connectivity index (χ1) is 10.5. The van der Waals surface area contributed by atoms with E-state index in [1.807, 2.05) is 26.8 Å². The Morgan fingerprint density at radius 2 is 1.91 bits per heavy atom. The summed E-state index contributed by atoms with van der Waals surface area (Å²) in [5, 5.41) is 31.7. The Morgan fingerprint density at radius 1 is 1.26 bits per heavy atom. The molecule has 2 aliphatic rings. The van der Waals surface area contributed by atoms with Crippen molar-refractivity contribution in [2.24, 2.45) is 23.2 Å². The van der Waals surface area contributed by atoms with Crippen LogP contribution in [0.25, 0.3) is 0 Å². The van der Waals surface area contributed by atoms with E-state index < -0.39 is 17.8 Å². The second-order valence-electron chi connectivity index (χ2n) is 8.75. The highest BCUT2D eigenvalue weighted by atomic mass is 16.3. The molecule has 0 aromatic carbocycles. The summed E-state index contributed by atoms with van der Waals surface area (Å²) in [4.78, 5) is 0. The van der Waals surface area contributed by atoms with Crippen LogP contribution in [0.5, 0.6) is 0 Å². The molecule has 3 N–H and O–H groups in total. The van der Waals surface area contributed by atoms with Crippen LogP contribution in [0.15, 0.2) is 23.8 Å². The molecular formula is C20H34O3. The van der Waals surface area contributed by atoms with Gasteiger partial charge >= 0.3 is 0 Å². The summed E-state index contributed by atoms with van der Waals surface area (Å²) in [6.45, 7) is 10.0. The summed E-state index contributed by atoms with van der Waals surface area (Å²) >= 11 is 0. The smallest absolute Gasteiger partial charge is 0.0728 e. The van der Waals surface area contributed by atoms with Gasteiger partial charge in [-0.1, -0.05) is 37.6 Å². The number of hydrogen-bond donors (Lipinski definition) is 3. The molecule has 0 amide bonds. The van der Waals surface area contributed by atoms with Crippen LogP contribution in [0.3, 0.4) is 0 Å². The zero-order valence-corrected chi connectivity index (χ0v) is 15.3. The molecule has 1 saturated carbocycles. The summed E-state index contributed by atoms with van der Waals surface area (Å²) < 4.78 is 0. The van der Waals surface area contributed by atoms with Crippen molar-refractivity contribution in [2.75, 3.05) is 0 Å². The van der Waals surface area contributed by atoms with Gasteiger partial charge in [0.2, 0.25) is 0 Å². The average Bonchev–Trinajstić information content (AvgIpc) is 2.73. The average molecular weight is 322 g/mol. The molecule has 2 rings (SSSR count). The fraction of sp³-hybridized carbons (Fsp3) is 0.800. The highest BCUT2D eigenvalue weighted by molar-refractivity contribution is 5.15. The third-order valence-electron chi connectivity index (χ3n) is 5.94. The summed E-state index contributed by atoms with van der Waals surface area (Å²) in [6.07, 6.45) is 8.53. The number of fused-ring (bicyclic) bond motifs is 1. The molecule has 23 heavy (non-hydrogen) atoms. The van der Waals surface area contributed by atoms with E-state index in [0.29, 0.717) is 18.8 Å². The van der Waals surface area contributed by atoms with Crippen molar-refractivity contribution in [2.45, 2.75) is 78.1 Å². The van der Waals surface area contributed by atoms with E-state index in [1.165, 1.54) is 0 Å². The van der Waals surface area contributed by atoms with Crippen molar-refractivity contribution in [1.82, 2.24) is 0 Å². The van der Waals surface area contributed by atoms with E-state index in [1.54, 1.807) is 0 Å². The molecule has 0 aliphatic heterocycles. The van der Waals surface area contributed by atoms with Crippen LogP contribution in [0, 0.1) is 23.2 Å². The molecule has 0 radical (unpaired) electrons. The maximum Gasteiger partial charge on any atom is 0.0728 e. The topological polar surface area (TPSA) is 60.7 Å². The van der Waals surface area contributed by atoms with Crippen molar-refractivity contribution in [3.05, 3.63) is 23.8 Å². The third kappa shape index (κ3) is 4.26. The molecular weight excluding hydrogens is 288 g/mol. The van der Waals surface area contributed by atoms with Crippen molar-refractivity contribution >= 4 is 0 Å². The quantitative estimate of drug-likeness (QED) is 0.648. The minimum absolute atomic E-state index is 0.0320. The third-order valence-corrected chi connectivity index (χ3v) is 5.94. The summed E-state index contributed by atoms with van der Waals surface area (Å²) in [5.41, 5.74) is 0.136. The first-order valence-electron chi connectivity index (χ1n) is 8.98. The Morgan fingerprint density at radius 3 is 2.52 bits per heavy atom. The van der Waals surface area contributed by atoms with E-state index in [0.717, 1.165) is 18.4 Å². The predicted octanol–water partition coefficient (Wildman–Crippen LogP) is 3.44. The molecule has 132 valence electrons. The molecule has 1 fully saturated rings. The van der Waals surface area contributed by atoms with Crippen LogP contribution in [0.1, 0.15) is 60.3 Å². The monoisotopic (exact) mass is 322 g/mol. The molecule has 0 aromatic heterocycles. The highest BCUT2D eigenvalue weighted by Gasteiger charge is 2.51. The lowest BCUT2D eigenvalue weighted by Crippen LogP contribution is -2.43. The molecule has 3 heteroatoms. The van der Waals surface area contributed by atoms with E-state index in [2.05, 4.69) is 26.0 Å². The van der Waals surface area contributed by atoms with Gasteiger partial charge in [-0.2, -0.15) is 0 Å². The van der Waals surface area contributed by atoms with Gasteiger partial charge in [-0.15, -0.1) is 0 Å². The number of aliphatic hydroxyl groups is 3. The lowest BCUT2D eigenvalue weighted by atomic mass is 9.68. The molecule has 0 saturated heterocycles. The zero-order valence-electron chi connectivity index (χ0n) is 15.3. The minimum atomic E-state index is -0.791. The molecule has 0 heterocycles.